The van der Waals surface area contributed by atoms with Gasteiger partial charge in [-0.3, -0.25) is 14.5 Å². The number of anilines is 1. The number of carbonyl (C=O) groups excluding carboxylic acids is 2. The summed E-state index contributed by atoms with van der Waals surface area (Å²) in [7, 11) is 3.63. The van der Waals surface area contributed by atoms with Crippen molar-refractivity contribution in [2.45, 2.75) is 20.0 Å². The molecule has 2 amide bonds. The third-order valence-electron chi connectivity index (χ3n) is 5.22. The van der Waals surface area contributed by atoms with E-state index in [1.54, 1.807) is 24.2 Å². The number of rotatable bonds is 4. The van der Waals surface area contributed by atoms with Crippen molar-refractivity contribution in [3.8, 4) is 0 Å². The van der Waals surface area contributed by atoms with Gasteiger partial charge in [-0.05, 0) is 37.7 Å². The first-order valence-electron chi connectivity index (χ1n) is 9.78. The number of nitrogens with zero attached hydrogens (tertiary/aromatic N) is 3. The quantitative estimate of drug-likeness (QED) is 0.627. The maximum absolute atomic E-state index is 12.6. The van der Waals surface area contributed by atoms with E-state index in [1.165, 1.54) is 6.08 Å². The number of fused-ring (bicyclic) bond motifs is 2. The molecule has 3 heterocycles. The molecule has 1 aliphatic heterocycles. The molecule has 3 aromatic rings. The van der Waals surface area contributed by atoms with Crippen LogP contribution in [0.3, 0.4) is 0 Å². The van der Waals surface area contributed by atoms with Gasteiger partial charge >= 0.3 is 0 Å². The van der Waals surface area contributed by atoms with Crippen LogP contribution < -0.4 is 5.32 Å². The van der Waals surface area contributed by atoms with E-state index in [2.05, 4.69) is 10.3 Å². The van der Waals surface area contributed by atoms with E-state index in [-0.39, 0.29) is 24.2 Å². The summed E-state index contributed by atoms with van der Waals surface area (Å²) in [6.07, 6.45) is 4.92. The Bertz CT molecular complexity index is 1150. The highest BCUT2D eigenvalue weighted by atomic mass is 35.5. The third-order valence-corrected chi connectivity index (χ3v) is 5.22. The molecule has 162 valence electrons. The topological polar surface area (TPSA) is 78.7 Å². The summed E-state index contributed by atoms with van der Waals surface area (Å²) in [4.78, 5) is 32.3. The first-order chi connectivity index (χ1) is 14.4. The lowest BCUT2D eigenvalue weighted by Crippen LogP contribution is -2.26. The zero-order valence-corrected chi connectivity index (χ0v) is 18.5. The van der Waals surface area contributed by atoms with Crippen molar-refractivity contribution in [1.29, 1.82) is 0 Å². The van der Waals surface area contributed by atoms with Gasteiger partial charge < -0.3 is 14.6 Å². The number of hydrogen-bond acceptors (Lipinski definition) is 5. The molecule has 31 heavy (non-hydrogen) atoms. The highest BCUT2D eigenvalue weighted by Crippen LogP contribution is 2.26. The maximum atomic E-state index is 12.6. The molecule has 1 aromatic carbocycles. The second-order valence-electron chi connectivity index (χ2n) is 7.67. The van der Waals surface area contributed by atoms with Crippen LogP contribution in [0.4, 0.5) is 5.82 Å². The first-order valence-corrected chi connectivity index (χ1v) is 9.78. The summed E-state index contributed by atoms with van der Waals surface area (Å²) in [5.41, 5.74) is 3.61. The van der Waals surface area contributed by atoms with Crippen molar-refractivity contribution in [1.82, 2.24) is 14.8 Å². The molecular formula is C23H25ClN4O3. The highest BCUT2D eigenvalue weighted by Gasteiger charge is 2.18. The van der Waals surface area contributed by atoms with Crippen LogP contribution in [0.1, 0.15) is 22.5 Å². The van der Waals surface area contributed by atoms with E-state index in [4.69, 9.17) is 4.42 Å². The van der Waals surface area contributed by atoms with Gasteiger partial charge in [-0.15, -0.1) is 12.4 Å². The van der Waals surface area contributed by atoms with Gasteiger partial charge in [-0.2, -0.15) is 0 Å². The fraction of sp³-hybridized carbons (Fsp3) is 0.261. The number of nitrogens with one attached hydrogen (secondary N) is 1. The van der Waals surface area contributed by atoms with Crippen LogP contribution in [0.5, 0.6) is 0 Å². The molecule has 0 saturated carbocycles. The van der Waals surface area contributed by atoms with E-state index in [1.807, 2.05) is 49.2 Å². The molecule has 1 aliphatic rings. The Labute approximate surface area is 187 Å². The Hall–Kier alpha value is -3.16. The number of carbonyl (C=O) groups is 2. The van der Waals surface area contributed by atoms with Gasteiger partial charge in [0, 0.05) is 42.4 Å². The average molecular weight is 441 g/mol. The Kier molecular flexibility index (Phi) is 6.77. The van der Waals surface area contributed by atoms with Crippen LogP contribution in [0.15, 0.2) is 47.0 Å². The fourth-order valence-corrected chi connectivity index (χ4v) is 3.58. The van der Waals surface area contributed by atoms with Crippen LogP contribution in [0.2, 0.25) is 0 Å². The van der Waals surface area contributed by atoms with Crippen molar-refractivity contribution in [3.63, 3.8) is 0 Å². The van der Waals surface area contributed by atoms with Crippen LogP contribution >= 0.6 is 12.4 Å². The largest absolute Gasteiger partial charge is 0.459 e. The molecule has 4 rings (SSSR count). The van der Waals surface area contributed by atoms with Crippen LogP contribution in [-0.2, 0) is 22.7 Å². The summed E-state index contributed by atoms with van der Waals surface area (Å²) in [6.45, 7) is 3.34. The Balaban J connectivity index is 0.00000272. The van der Waals surface area contributed by atoms with E-state index in [0.717, 1.165) is 33.4 Å². The number of aromatic nitrogens is 1. The zero-order chi connectivity index (χ0) is 21.3. The molecule has 8 heteroatoms. The lowest BCUT2D eigenvalue weighted by Gasteiger charge is -2.14. The number of pyridine rings is 1. The fourth-order valence-electron chi connectivity index (χ4n) is 3.58. The Morgan fingerprint density at radius 2 is 2.10 bits per heavy atom. The van der Waals surface area contributed by atoms with Gasteiger partial charge in [0.1, 0.15) is 17.2 Å². The van der Waals surface area contributed by atoms with Gasteiger partial charge in [0.05, 0.1) is 13.1 Å². The second kappa shape index (κ2) is 9.32. The predicted molar refractivity (Wildman–Crippen MR) is 123 cm³/mol. The minimum atomic E-state index is -0.129. The zero-order valence-electron chi connectivity index (χ0n) is 17.7. The molecule has 0 bridgehead atoms. The number of furan rings is 1. The normalized spacial score (nSPS) is 14.1. The number of halogens is 1. The summed E-state index contributed by atoms with van der Waals surface area (Å²) < 4.78 is 5.91. The van der Waals surface area contributed by atoms with Gasteiger partial charge in [0.15, 0.2) is 0 Å². The molecule has 2 aromatic heterocycles. The lowest BCUT2D eigenvalue weighted by molar-refractivity contribution is -0.125. The highest BCUT2D eigenvalue weighted by molar-refractivity contribution is 5.93. The number of likely N-dealkylation sites (N-methyl/N-ethyl adjacent to an activating group) is 2. The molecule has 0 unspecified atom stereocenters. The van der Waals surface area contributed by atoms with Crippen molar-refractivity contribution in [2.24, 2.45) is 0 Å². The monoisotopic (exact) mass is 440 g/mol. The second-order valence-corrected chi connectivity index (χ2v) is 7.67. The minimum absolute atomic E-state index is 0. The smallest absolute Gasteiger partial charge is 0.246 e. The number of amides is 2. The minimum Gasteiger partial charge on any atom is -0.459 e. The molecule has 1 N–H and O–H groups in total. The summed E-state index contributed by atoms with van der Waals surface area (Å²) in [6, 6.07) is 9.80. The number of hydrogen-bond donors (Lipinski definition) is 1. The van der Waals surface area contributed by atoms with E-state index >= 15 is 0 Å². The molecule has 0 atom stereocenters. The van der Waals surface area contributed by atoms with Gasteiger partial charge in [-0.1, -0.05) is 18.2 Å². The molecule has 0 radical (unpaired) electrons. The van der Waals surface area contributed by atoms with Crippen molar-refractivity contribution < 1.29 is 14.0 Å². The Morgan fingerprint density at radius 1 is 1.32 bits per heavy atom. The van der Waals surface area contributed by atoms with Gasteiger partial charge in [0.25, 0.3) is 0 Å². The molecular weight excluding hydrogens is 416 g/mol. The molecule has 0 spiro atoms. The maximum Gasteiger partial charge on any atom is 0.246 e. The predicted octanol–water partition coefficient (Wildman–Crippen LogP) is 3.61. The lowest BCUT2D eigenvalue weighted by atomic mass is 10.1. The summed E-state index contributed by atoms with van der Waals surface area (Å²) >= 11 is 0. The van der Waals surface area contributed by atoms with Crippen LogP contribution in [-0.4, -0.2) is 47.2 Å². The molecule has 7 nitrogen and oxygen atoms in total. The number of para-hydroxylation sites is 1. The number of aryl methyl sites for hydroxylation is 1. The molecule has 0 fully saturated rings. The van der Waals surface area contributed by atoms with Gasteiger partial charge in [-0.25, -0.2) is 4.98 Å². The van der Waals surface area contributed by atoms with Crippen molar-refractivity contribution in [3.05, 3.63) is 65.1 Å². The SMILES string of the molecule is Cc1c(CN(C)C(=O)/C=C/c2cnc3c(c2)CN(C)CC(=O)N3)oc2ccccc12.Cl. The molecule has 0 saturated heterocycles. The molecule has 0 aliphatic carbocycles. The van der Waals surface area contributed by atoms with E-state index in [0.29, 0.717) is 25.5 Å². The standard InChI is InChI=1S/C23H24N4O3.ClH/c1-15-18-6-4-5-7-19(18)30-20(15)13-27(3)22(29)9-8-16-10-17-12-26(2)14-21(28)25-23(17)24-11-16;/h4-11H,12-14H2,1-3H3,(H,24,25,28);1H/b9-8+;. The van der Waals surface area contributed by atoms with Crippen molar-refractivity contribution >= 4 is 47.1 Å². The third kappa shape index (κ3) is 4.95. The van der Waals surface area contributed by atoms with Crippen LogP contribution in [0, 0.1) is 6.92 Å². The van der Waals surface area contributed by atoms with Gasteiger partial charge in [0.2, 0.25) is 11.8 Å². The van der Waals surface area contributed by atoms with Crippen molar-refractivity contribution in [2.75, 3.05) is 26.0 Å². The number of benzene rings is 1. The summed E-state index contributed by atoms with van der Waals surface area (Å²) in [5, 5.41) is 3.87. The Morgan fingerprint density at radius 3 is 2.87 bits per heavy atom. The van der Waals surface area contributed by atoms with E-state index < -0.39 is 0 Å². The first kappa shape index (κ1) is 22.5. The van der Waals surface area contributed by atoms with Crippen LogP contribution in [0.25, 0.3) is 17.0 Å². The average Bonchev–Trinajstić information content (AvgIpc) is 2.94. The van der Waals surface area contributed by atoms with E-state index in [9.17, 15) is 9.59 Å². The summed E-state index contributed by atoms with van der Waals surface area (Å²) in [5.74, 6) is 1.15.